The topological polar surface area (TPSA) is 12.0 Å². The van der Waals surface area contributed by atoms with Gasteiger partial charge in [-0.3, -0.25) is 0 Å². The molecular formula is C13H12BrClFN. The van der Waals surface area contributed by atoms with Gasteiger partial charge in [0.2, 0.25) is 0 Å². The van der Waals surface area contributed by atoms with E-state index in [1.165, 1.54) is 0 Å². The highest BCUT2D eigenvalue weighted by atomic mass is 79.9. The predicted molar refractivity (Wildman–Crippen MR) is 73.8 cm³/mol. The second-order valence-corrected chi connectivity index (χ2v) is 5.42. The zero-order valence-electron chi connectivity index (χ0n) is 9.31. The van der Waals surface area contributed by atoms with Crippen molar-refractivity contribution in [1.82, 2.24) is 0 Å². The molecular weight excluding hydrogens is 305 g/mol. The van der Waals surface area contributed by atoms with Crippen LogP contribution in [-0.2, 0) is 0 Å². The molecule has 1 nitrogen and oxygen atoms in total. The fourth-order valence-electron chi connectivity index (χ4n) is 1.67. The van der Waals surface area contributed by atoms with Gasteiger partial charge in [-0.25, -0.2) is 4.39 Å². The van der Waals surface area contributed by atoms with Crippen molar-refractivity contribution in [3.05, 3.63) is 51.4 Å². The Kier molecular flexibility index (Phi) is 3.89. The number of nitrogens with one attached hydrogen (secondary N) is 1. The summed E-state index contributed by atoms with van der Waals surface area (Å²) < 4.78 is 14.5. The molecule has 0 saturated carbocycles. The van der Waals surface area contributed by atoms with Crippen molar-refractivity contribution in [3.8, 4) is 0 Å². The minimum Gasteiger partial charge on any atom is -0.352 e. The first-order chi connectivity index (χ1) is 8.06. The molecule has 0 saturated heterocycles. The molecule has 1 aromatic carbocycles. The van der Waals surface area contributed by atoms with Crippen LogP contribution in [-0.4, -0.2) is 0 Å². The average Bonchev–Trinajstić information content (AvgIpc) is 2.27. The Morgan fingerprint density at radius 3 is 2.94 bits per heavy atom. The molecule has 1 N–H and O–H groups in total. The number of rotatable bonds is 2. The van der Waals surface area contributed by atoms with E-state index in [0.29, 0.717) is 22.3 Å². The van der Waals surface area contributed by atoms with Crippen molar-refractivity contribution in [2.45, 2.75) is 13.3 Å². The molecule has 0 spiro atoms. The highest BCUT2D eigenvalue weighted by Gasteiger charge is 2.13. The van der Waals surface area contributed by atoms with Crippen LogP contribution in [0.3, 0.4) is 0 Å². The van der Waals surface area contributed by atoms with E-state index in [2.05, 4.69) is 21.2 Å². The summed E-state index contributed by atoms with van der Waals surface area (Å²) in [5.41, 5.74) is 1.20. The zero-order valence-corrected chi connectivity index (χ0v) is 11.6. The predicted octanol–water partition coefficient (Wildman–Crippen LogP) is 5.29. The van der Waals surface area contributed by atoms with Gasteiger partial charge in [0.15, 0.2) is 0 Å². The molecule has 0 bridgehead atoms. The van der Waals surface area contributed by atoms with Crippen LogP contribution >= 0.6 is 27.5 Å². The summed E-state index contributed by atoms with van der Waals surface area (Å²) in [6.07, 6.45) is 4.22. The zero-order chi connectivity index (χ0) is 12.4. The van der Waals surface area contributed by atoms with Crippen molar-refractivity contribution >= 4 is 33.2 Å². The monoisotopic (exact) mass is 315 g/mol. The van der Waals surface area contributed by atoms with Crippen molar-refractivity contribution in [1.29, 1.82) is 0 Å². The molecule has 1 aliphatic carbocycles. The van der Waals surface area contributed by atoms with Crippen molar-refractivity contribution < 1.29 is 4.39 Å². The van der Waals surface area contributed by atoms with Crippen molar-refractivity contribution in [2.75, 3.05) is 5.32 Å². The van der Waals surface area contributed by atoms with E-state index in [0.717, 1.165) is 10.9 Å². The molecule has 2 rings (SSSR count). The Hall–Kier alpha value is -0.800. The molecule has 0 heterocycles. The van der Waals surface area contributed by atoms with Gasteiger partial charge in [0, 0.05) is 4.47 Å². The molecule has 1 unspecified atom stereocenters. The summed E-state index contributed by atoms with van der Waals surface area (Å²) in [4.78, 5) is 0. The second kappa shape index (κ2) is 5.23. The Morgan fingerprint density at radius 2 is 2.24 bits per heavy atom. The molecule has 0 fully saturated rings. The van der Waals surface area contributed by atoms with E-state index < -0.39 is 0 Å². The molecule has 90 valence electrons. The fourth-order valence-corrected chi connectivity index (χ4v) is 2.39. The normalized spacial score (nSPS) is 19.6. The molecule has 0 radical (unpaired) electrons. The van der Waals surface area contributed by atoms with Crippen LogP contribution in [0.25, 0.3) is 0 Å². The van der Waals surface area contributed by atoms with E-state index in [1.807, 2.05) is 25.1 Å². The third-order valence-electron chi connectivity index (χ3n) is 2.58. The number of allylic oxidation sites excluding steroid dienone is 3. The fraction of sp³-hybridized carbons (Fsp3) is 0.231. The van der Waals surface area contributed by atoms with Crippen LogP contribution in [0.1, 0.15) is 13.3 Å². The molecule has 1 aromatic rings. The maximum absolute atomic E-state index is 13.6. The SMILES string of the molecule is CC1C=C(Nc2ccc(Br)cc2Cl)C(F)=CC1. The van der Waals surface area contributed by atoms with Gasteiger partial charge in [0.25, 0.3) is 0 Å². The van der Waals surface area contributed by atoms with Crippen LogP contribution in [0, 0.1) is 5.92 Å². The van der Waals surface area contributed by atoms with E-state index in [9.17, 15) is 4.39 Å². The summed E-state index contributed by atoms with van der Waals surface area (Å²) >= 11 is 9.40. The Balaban J connectivity index is 2.23. The van der Waals surface area contributed by atoms with E-state index in [-0.39, 0.29) is 5.83 Å². The first-order valence-corrected chi connectivity index (χ1v) is 6.53. The van der Waals surface area contributed by atoms with Crippen LogP contribution in [0.15, 0.2) is 46.3 Å². The number of hydrogen-bond acceptors (Lipinski definition) is 1. The Morgan fingerprint density at radius 1 is 1.47 bits per heavy atom. The lowest BCUT2D eigenvalue weighted by atomic mass is 10.0. The van der Waals surface area contributed by atoms with Crippen LogP contribution in [0.4, 0.5) is 10.1 Å². The largest absolute Gasteiger partial charge is 0.352 e. The summed E-state index contributed by atoms with van der Waals surface area (Å²) in [5.74, 6) is 0.119. The average molecular weight is 317 g/mol. The first-order valence-electron chi connectivity index (χ1n) is 5.36. The van der Waals surface area contributed by atoms with Crippen molar-refractivity contribution in [3.63, 3.8) is 0 Å². The van der Waals surface area contributed by atoms with Gasteiger partial charge in [-0.1, -0.05) is 40.5 Å². The minimum absolute atomic E-state index is 0.220. The highest BCUT2D eigenvalue weighted by Crippen LogP contribution is 2.30. The van der Waals surface area contributed by atoms with Crippen LogP contribution < -0.4 is 5.32 Å². The molecule has 4 heteroatoms. The number of hydrogen-bond donors (Lipinski definition) is 1. The lowest BCUT2D eigenvalue weighted by Gasteiger charge is -2.17. The van der Waals surface area contributed by atoms with Gasteiger partial charge < -0.3 is 5.32 Å². The number of anilines is 1. The summed E-state index contributed by atoms with van der Waals surface area (Å²) in [6, 6.07) is 5.46. The molecule has 1 atom stereocenters. The number of benzene rings is 1. The molecule has 0 aliphatic heterocycles. The van der Waals surface area contributed by atoms with Gasteiger partial charge in [-0.15, -0.1) is 0 Å². The Bertz CT molecular complexity index is 496. The second-order valence-electron chi connectivity index (χ2n) is 4.09. The van der Waals surface area contributed by atoms with Gasteiger partial charge in [-0.2, -0.15) is 0 Å². The molecule has 17 heavy (non-hydrogen) atoms. The third kappa shape index (κ3) is 3.11. The first kappa shape index (κ1) is 12.7. The van der Waals surface area contributed by atoms with Gasteiger partial charge in [0.05, 0.1) is 16.4 Å². The number of halogens is 3. The quantitative estimate of drug-likeness (QED) is 0.781. The van der Waals surface area contributed by atoms with E-state index in [1.54, 1.807) is 12.1 Å². The van der Waals surface area contributed by atoms with Gasteiger partial charge in [0.1, 0.15) is 5.83 Å². The summed E-state index contributed by atoms with van der Waals surface area (Å²) in [7, 11) is 0. The van der Waals surface area contributed by atoms with Gasteiger partial charge in [-0.05, 0) is 36.6 Å². The molecule has 1 aliphatic rings. The van der Waals surface area contributed by atoms with Crippen LogP contribution in [0.2, 0.25) is 5.02 Å². The minimum atomic E-state index is -0.220. The maximum Gasteiger partial charge on any atom is 0.142 e. The summed E-state index contributed by atoms with van der Waals surface area (Å²) in [5, 5.41) is 3.58. The smallest absolute Gasteiger partial charge is 0.142 e. The van der Waals surface area contributed by atoms with Gasteiger partial charge >= 0.3 is 0 Å². The molecule has 0 aromatic heterocycles. The van der Waals surface area contributed by atoms with Crippen LogP contribution in [0.5, 0.6) is 0 Å². The van der Waals surface area contributed by atoms with Crippen molar-refractivity contribution in [2.24, 2.45) is 5.92 Å². The third-order valence-corrected chi connectivity index (χ3v) is 3.38. The standard InChI is InChI=1S/C13H12BrClFN/c1-8-2-4-11(16)13(6-8)17-12-5-3-9(14)7-10(12)15/h3-8,17H,2H2,1H3. The van der Waals surface area contributed by atoms with E-state index in [4.69, 9.17) is 11.6 Å². The molecule has 0 amide bonds. The van der Waals surface area contributed by atoms with E-state index >= 15 is 0 Å². The Labute approximate surface area is 113 Å². The highest BCUT2D eigenvalue weighted by molar-refractivity contribution is 9.10. The maximum atomic E-state index is 13.6. The summed E-state index contributed by atoms with van der Waals surface area (Å²) in [6.45, 7) is 2.05. The lowest BCUT2D eigenvalue weighted by molar-refractivity contribution is 0.609. The lowest BCUT2D eigenvalue weighted by Crippen LogP contribution is -2.07.